The predicted octanol–water partition coefficient (Wildman–Crippen LogP) is 1.09. The molecule has 3 nitrogen and oxygen atoms in total. The fraction of sp³-hybridized carbons (Fsp3) is 0.667. The molecule has 0 bridgehead atoms. The van der Waals surface area contributed by atoms with Crippen LogP contribution in [0.15, 0.2) is 11.6 Å². The highest BCUT2D eigenvalue weighted by Crippen LogP contribution is 2.02. The summed E-state index contributed by atoms with van der Waals surface area (Å²) in [6.07, 6.45) is 1.83. The van der Waals surface area contributed by atoms with E-state index < -0.39 is 0 Å². The molecule has 12 heavy (non-hydrogen) atoms. The van der Waals surface area contributed by atoms with Gasteiger partial charge in [0, 0.05) is 5.57 Å². The third kappa shape index (κ3) is 4.13. The zero-order valence-electron chi connectivity index (χ0n) is 7.96. The molecule has 1 atom stereocenters. The van der Waals surface area contributed by atoms with Crippen molar-refractivity contribution < 1.29 is 9.53 Å². The molecule has 0 fully saturated rings. The van der Waals surface area contributed by atoms with Gasteiger partial charge in [-0.25, -0.2) is 4.79 Å². The first kappa shape index (κ1) is 11.2. The molecule has 2 N–H and O–H groups in total. The number of hydrogen-bond acceptors (Lipinski definition) is 3. The van der Waals surface area contributed by atoms with Crippen LogP contribution in [0.25, 0.3) is 0 Å². The van der Waals surface area contributed by atoms with E-state index in [-0.39, 0.29) is 11.9 Å². The Bertz CT molecular complexity index is 175. The molecule has 0 spiro atoms. The largest absolute Gasteiger partial charge is 0.463 e. The summed E-state index contributed by atoms with van der Waals surface area (Å²) in [6, 6.07) is 0. The SMILES string of the molecule is CCOC(=O)/C(C)=C/C(C)CN. The lowest BCUT2D eigenvalue weighted by molar-refractivity contribution is -0.138. The maximum absolute atomic E-state index is 11.1. The lowest BCUT2D eigenvalue weighted by atomic mass is 10.1. The molecular weight excluding hydrogens is 154 g/mol. The smallest absolute Gasteiger partial charge is 0.333 e. The maximum atomic E-state index is 11.1. The van der Waals surface area contributed by atoms with Gasteiger partial charge in [0.2, 0.25) is 0 Å². The Labute approximate surface area is 73.6 Å². The normalized spacial score (nSPS) is 14.2. The predicted molar refractivity (Wildman–Crippen MR) is 48.6 cm³/mol. The zero-order chi connectivity index (χ0) is 9.56. The number of nitrogens with two attached hydrogens (primary N) is 1. The lowest BCUT2D eigenvalue weighted by Gasteiger charge is -2.04. The molecule has 0 rings (SSSR count). The Kier molecular flexibility index (Phi) is 5.37. The van der Waals surface area contributed by atoms with Crippen LogP contribution in [-0.2, 0) is 9.53 Å². The summed E-state index contributed by atoms with van der Waals surface area (Å²) in [5.41, 5.74) is 6.03. The minimum atomic E-state index is -0.252. The van der Waals surface area contributed by atoms with E-state index in [0.717, 1.165) is 0 Å². The van der Waals surface area contributed by atoms with Gasteiger partial charge >= 0.3 is 5.97 Å². The molecule has 0 saturated carbocycles. The van der Waals surface area contributed by atoms with Crippen molar-refractivity contribution in [2.45, 2.75) is 20.8 Å². The highest BCUT2D eigenvalue weighted by molar-refractivity contribution is 5.87. The van der Waals surface area contributed by atoms with Crippen molar-refractivity contribution in [3.05, 3.63) is 11.6 Å². The van der Waals surface area contributed by atoms with E-state index in [2.05, 4.69) is 0 Å². The maximum Gasteiger partial charge on any atom is 0.333 e. The van der Waals surface area contributed by atoms with E-state index in [1.54, 1.807) is 13.8 Å². The Hall–Kier alpha value is -0.830. The van der Waals surface area contributed by atoms with Crippen LogP contribution in [0.3, 0.4) is 0 Å². The molecule has 0 aromatic heterocycles. The monoisotopic (exact) mass is 171 g/mol. The number of esters is 1. The summed E-state index contributed by atoms with van der Waals surface area (Å²) >= 11 is 0. The van der Waals surface area contributed by atoms with E-state index in [1.165, 1.54) is 0 Å². The van der Waals surface area contributed by atoms with Gasteiger partial charge in [0.15, 0.2) is 0 Å². The first-order valence-electron chi connectivity index (χ1n) is 4.17. The number of hydrogen-bond donors (Lipinski definition) is 1. The summed E-state index contributed by atoms with van der Waals surface area (Å²) in [5, 5.41) is 0. The average Bonchev–Trinajstić information content (AvgIpc) is 2.04. The highest BCUT2D eigenvalue weighted by Gasteiger charge is 2.05. The fourth-order valence-electron chi connectivity index (χ4n) is 0.808. The van der Waals surface area contributed by atoms with Gasteiger partial charge in [0.05, 0.1) is 6.61 Å². The molecule has 0 saturated heterocycles. The van der Waals surface area contributed by atoms with Crippen LogP contribution in [0.2, 0.25) is 0 Å². The van der Waals surface area contributed by atoms with E-state index in [0.29, 0.717) is 18.7 Å². The Morgan fingerprint density at radius 3 is 2.67 bits per heavy atom. The van der Waals surface area contributed by atoms with Gasteiger partial charge in [0.25, 0.3) is 0 Å². The summed E-state index contributed by atoms with van der Waals surface area (Å²) in [4.78, 5) is 11.1. The van der Waals surface area contributed by atoms with Crippen LogP contribution in [-0.4, -0.2) is 19.1 Å². The molecule has 0 heterocycles. The van der Waals surface area contributed by atoms with Crippen molar-refractivity contribution >= 4 is 5.97 Å². The number of carbonyl (C=O) groups is 1. The number of ether oxygens (including phenoxy) is 1. The molecule has 3 heteroatoms. The van der Waals surface area contributed by atoms with Gasteiger partial charge in [-0.05, 0) is 26.3 Å². The van der Waals surface area contributed by atoms with Crippen molar-refractivity contribution in [1.29, 1.82) is 0 Å². The molecular formula is C9H17NO2. The molecule has 70 valence electrons. The fourth-order valence-corrected chi connectivity index (χ4v) is 0.808. The zero-order valence-corrected chi connectivity index (χ0v) is 7.96. The average molecular weight is 171 g/mol. The second-order valence-corrected chi connectivity index (χ2v) is 2.78. The Morgan fingerprint density at radius 1 is 1.67 bits per heavy atom. The van der Waals surface area contributed by atoms with Gasteiger partial charge in [0.1, 0.15) is 0 Å². The molecule has 0 radical (unpaired) electrons. The van der Waals surface area contributed by atoms with Crippen LogP contribution in [0, 0.1) is 5.92 Å². The quantitative estimate of drug-likeness (QED) is 0.509. The molecule has 0 aromatic rings. The molecule has 1 unspecified atom stereocenters. The first-order chi connectivity index (χ1) is 5.61. The van der Waals surface area contributed by atoms with Crippen molar-refractivity contribution in [2.24, 2.45) is 11.7 Å². The van der Waals surface area contributed by atoms with E-state index >= 15 is 0 Å². The van der Waals surface area contributed by atoms with E-state index in [9.17, 15) is 4.79 Å². The molecule has 0 aliphatic carbocycles. The summed E-state index contributed by atoms with van der Waals surface area (Å²) in [7, 11) is 0. The van der Waals surface area contributed by atoms with E-state index in [4.69, 9.17) is 10.5 Å². The van der Waals surface area contributed by atoms with Gasteiger partial charge < -0.3 is 10.5 Å². The van der Waals surface area contributed by atoms with Crippen LogP contribution in [0.4, 0.5) is 0 Å². The van der Waals surface area contributed by atoms with Crippen molar-refractivity contribution in [2.75, 3.05) is 13.2 Å². The van der Waals surface area contributed by atoms with Gasteiger partial charge in [-0.15, -0.1) is 0 Å². The van der Waals surface area contributed by atoms with Crippen LogP contribution < -0.4 is 5.73 Å². The number of rotatable bonds is 4. The standard InChI is InChI=1S/C9H17NO2/c1-4-12-9(11)8(3)5-7(2)6-10/h5,7H,4,6,10H2,1-3H3/b8-5+. The number of carbonyl (C=O) groups excluding carboxylic acids is 1. The minimum Gasteiger partial charge on any atom is -0.463 e. The summed E-state index contributed by atoms with van der Waals surface area (Å²) in [6.45, 7) is 6.46. The first-order valence-corrected chi connectivity index (χ1v) is 4.17. The van der Waals surface area contributed by atoms with Gasteiger partial charge in [-0.2, -0.15) is 0 Å². The van der Waals surface area contributed by atoms with Gasteiger partial charge in [-0.1, -0.05) is 13.0 Å². The van der Waals surface area contributed by atoms with E-state index in [1.807, 2.05) is 13.0 Å². The van der Waals surface area contributed by atoms with Crippen LogP contribution in [0.5, 0.6) is 0 Å². The molecule has 0 aliphatic heterocycles. The molecule has 0 aromatic carbocycles. The Morgan fingerprint density at radius 2 is 2.25 bits per heavy atom. The second-order valence-electron chi connectivity index (χ2n) is 2.78. The van der Waals surface area contributed by atoms with Crippen LogP contribution in [0.1, 0.15) is 20.8 Å². The lowest BCUT2D eigenvalue weighted by Crippen LogP contribution is -2.11. The minimum absolute atomic E-state index is 0.231. The summed E-state index contributed by atoms with van der Waals surface area (Å²) < 4.78 is 4.80. The third-order valence-corrected chi connectivity index (χ3v) is 1.50. The Balaban J connectivity index is 4.07. The van der Waals surface area contributed by atoms with Crippen molar-refractivity contribution in [3.8, 4) is 0 Å². The topological polar surface area (TPSA) is 52.3 Å². The third-order valence-electron chi connectivity index (χ3n) is 1.50. The molecule has 0 aliphatic rings. The highest BCUT2D eigenvalue weighted by atomic mass is 16.5. The molecule has 0 amide bonds. The van der Waals surface area contributed by atoms with Crippen molar-refractivity contribution in [1.82, 2.24) is 0 Å². The van der Waals surface area contributed by atoms with Crippen molar-refractivity contribution in [3.63, 3.8) is 0 Å². The van der Waals surface area contributed by atoms with Crippen LogP contribution >= 0.6 is 0 Å². The van der Waals surface area contributed by atoms with Gasteiger partial charge in [-0.3, -0.25) is 0 Å². The second kappa shape index (κ2) is 5.77. The summed E-state index contributed by atoms with van der Waals surface area (Å²) in [5.74, 6) is -0.0211.